The number of hydrogen-bond acceptors (Lipinski definition) is 3. The van der Waals surface area contributed by atoms with Gasteiger partial charge in [0.1, 0.15) is 0 Å². The number of hydrogen-bond donors (Lipinski definition) is 1. The SMILES string of the molecule is CCOCC(C)NCCCS(C)=O. The van der Waals surface area contributed by atoms with Crippen molar-refractivity contribution >= 4 is 10.8 Å². The summed E-state index contributed by atoms with van der Waals surface area (Å²) < 4.78 is 16.0. The molecule has 0 aliphatic carbocycles. The molecule has 0 bridgehead atoms. The minimum Gasteiger partial charge on any atom is -0.380 e. The normalized spacial score (nSPS) is 15.6. The molecule has 0 amide bonds. The summed E-state index contributed by atoms with van der Waals surface area (Å²) in [6.07, 6.45) is 2.71. The summed E-state index contributed by atoms with van der Waals surface area (Å²) in [4.78, 5) is 0. The summed E-state index contributed by atoms with van der Waals surface area (Å²) in [7, 11) is -0.657. The van der Waals surface area contributed by atoms with E-state index >= 15 is 0 Å². The molecule has 0 heterocycles. The molecule has 4 heteroatoms. The van der Waals surface area contributed by atoms with Gasteiger partial charge in [0.15, 0.2) is 0 Å². The van der Waals surface area contributed by atoms with Crippen LogP contribution in [-0.2, 0) is 15.5 Å². The van der Waals surface area contributed by atoms with Gasteiger partial charge in [-0.05, 0) is 26.8 Å². The molecular weight excluding hydrogens is 186 g/mol. The zero-order valence-corrected chi connectivity index (χ0v) is 9.65. The zero-order valence-electron chi connectivity index (χ0n) is 8.84. The topological polar surface area (TPSA) is 38.3 Å². The summed E-state index contributed by atoms with van der Waals surface area (Å²) in [5.74, 6) is 0.786. The first kappa shape index (κ1) is 13.1. The van der Waals surface area contributed by atoms with E-state index in [9.17, 15) is 4.21 Å². The van der Waals surface area contributed by atoms with Crippen LogP contribution in [0.15, 0.2) is 0 Å². The number of rotatable bonds is 8. The smallest absolute Gasteiger partial charge is 0.0616 e. The highest BCUT2D eigenvalue weighted by Gasteiger charge is 1.99. The van der Waals surface area contributed by atoms with Gasteiger partial charge in [0.2, 0.25) is 0 Å². The fraction of sp³-hybridized carbons (Fsp3) is 1.00. The lowest BCUT2D eigenvalue weighted by atomic mass is 10.3. The van der Waals surface area contributed by atoms with Gasteiger partial charge in [-0.15, -0.1) is 0 Å². The molecule has 0 rings (SSSR count). The van der Waals surface area contributed by atoms with Crippen molar-refractivity contribution in [3.05, 3.63) is 0 Å². The van der Waals surface area contributed by atoms with Crippen molar-refractivity contribution < 1.29 is 8.95 Å². The Morgan fingerprint density at radius 2 is 2.23 bits per heavy atom. The van der Waals surface area contributed by atoms with Gasteiger partial charge in [-0.25, -0.2) is 0 Å². The molecule has 2 unspecified atom stereocenters. The molecular formula is C9H21NO2S. The Bertz CT molecular complexity index is 142. The summed E-state index contributed by atoms with van der Waals surface area (Å²) >= 11 is 0. The van der Waals surface area contributed by atoms with Crippen molar-refractivity contribution in [2.45, 2.75) is 26.3 Å². The molecule has 0 aliphatic heterocycles. The Morgan fingerprint density at radius 3 is 2.77 bits per heavy atom. The molecule has 0 aromatic heterocycles. The van der Waals surface area contributed by atoms with E-state index in [1.165, 1.54) is 0 Å². The first-order valence-corrected chi connectivity index (χ1v) is 6.50. The summed E-state index contributed by atoms with van der Waals surface area (Å²) in [5, 5.41) is 3.31. The van der Waals surface area contributed by atoms with E-state index in [-0.39, 0.29) is 0 Å². The molecule has 0 fully saturated rings. The standard InChI is InChI=1S/C9H21NO2S/c1-4-12-8-9(2)10-6-5-7-13(3)11/h9-10H,4-8H2,1-3H3. The molecule has 0 aliphatic rings. The Kier molecular flexibility index (Phi) is 8.71. The van der Waals surface area contributed by atoms with E-state index < -0.39 is 10.8 Å². The van der Waals surface area contributed by atoms with Crippen LogP contribution in [0.2, 0.25) is 0 Å². The largest absolute Gasteiger partial charge is 0.380 e. The Morgan fingerprint density at radius 1 is 1.54 bits per heavy atom. The van der Waals surface area contributed by atoms with Crippen molar-refractivity contribution in [2.75, 3.05) is 31.8 Å². The lowest BCUT2D eigenvalue weighted by Gasteiger charge is -2.12. The third-order valence-electron chi connectivity index (χ3n) is 1.67. The van der Waals surface area contributed by atoms with E-state index in [1.807, 2.05) is 6.92 Å². The first-order chi connectivity index (χ1) is 6.16. The second-order valence-corrected chi connectivity index (χ2v) is 4.70. The maximum Gasteiger partial charge on any atom is 0.0616 e. The fourth-order valence-corrected chi connectivity index (χ4v) is 1.53. The average Bonchev–Trinajstić information content (AvgIpc) is 2.08. The average molecular weight is 207 g/mol. The van der Waals surface area contributed by atoms with Gasteiger partial charge >= 0.3 is 0 Å². The van der Waals surface area contributed by atoms with Gasteiger partial charge in [-0.1, -0.05) is 0 Å². The van der Waals surface area contributed by atoms with Gasteiger partial charge in [0, 0.05) is 35.5 Å². The third-order valence-corrected chi connectivity index (χ3v) is 2.54. The Labute approximate surface area is 83.7 Å². The summed E-state index contributed by atoms with van der Waals surface area (Å²) in [6.45, 7) is 6.54. The molecule has 0 saturated heterocycles. The lowest BCUT2D eigenvalue weighted by molar-refractivity contribution is 0.127. The second-order valence-electron chi connectivity index (χ2n) is 3.15. The summed E-state index contributed by atoms with van der Waals surface area (Å²) in [5.41, 5.74) is 0. The molecule has 0 radical (unpaired) electrons. The Balaban J connectivity index is 3.16. The van der Waals surface area contributed by atoms with E-state index in [0.29, 0.717) is 6.04 Å². The highest BCUT2D eigenvalue weighted by Crippen LogP contribution is 1.86. The van der Waals surface area contributed by atoms with Crippen molar-refractivity contribution in [3.8, 4) is 0 Å². The van der Waals surface area contributed by atoms with Crippen LogP contribution in [0, 0.1) is 0 Å². The van der Waals surface area contributed by atoms with E-state index in [1.54, 1.807) is 6.26 Å². The number of nitrogens with one attached hydrogen (secondary N) is 1. The van der Waals surface area contributed by atoms with Crippen molar-refractivity contribution in [1.29, 1.82) is 0 Å². The van der Waals surface area contributed by atoms with Crippen LogP contribution in [0.25, 0.3) is 0 Å². The van der Waals surface area contributed by atoms with Gasteiger partial charge in [-0.2, -0.15) is 0 Å². The van der Waals surface area contributed by atoms with Crippen LogP contribution in [-0.4, -0.2) is 42.0 Å². The molecule has 0 aromatic carbocycles. The monoisotopic (exact) mass is 207 g/mol. The van der Waals surface area contributed by atoms with Crippen LogP contribution in [0.4, 0.5) is 0 Å². The van der Waals surface area contributed by atoms with E-state index in [2.05, 4.69) is 12.2 Å². The van der Waals surface area contributed by atoms with Gasteiger partial charge in [0.25, 0.3) is 0 Å². The quantitative estimate of drug-likeness (QED) is 0.598. The lowest BCUT2D eigenvalue weighted by Crippen LogP contribution is -2.31. The van der Waals surface area contributed by atoms with Crippen LogP contribution < -0.4 is 5.32 Å². The van der Waals surface area contributed by atoms with Gasteiger partial charge in [0.05, 0.1) is 6.61 Å². The minimum atomic E-state index is -0.657. The summed E-state index contributed by atoms with van der Waals surface area (Å²) in [6, 6.07) is 0.394. The van der Waals surface area contributed by atoms with E-state index in [4.69, 9.17) is 4.74 Å². The maximum absolute atomic E-state index is 10.7. The molecule has 2 atom stereocenters. The van der Waals surface area contributed by atoms with Crippen molar-refractivity contribution in [3.63, 3.8) is 0 Å². The zero-order chi connectivity index (χ0) is 10.1. The second kappa shape index (κ2) is 8.66. The van der Waals surface area contributed by atoms with Crippen LogP contribution >= 0.6 is 0 Å². The molecule has 1 N–H and O–H groups in total. The molecule has 3 nitrogen and oxygen atoms in total. The fourth-order valence-electron chi connectivity index (χ4n) is 0.977. The van der Waals surface area contributed by atoms with Crippen molar-refractivity contribution in [2.24, 2.45) is 0 Å². The number of ether oxygens (including phenoxy) is 1. The predicted octanol–water partition coefficient (Wildman–Crippen LogP) is 0.770. The highest BCUT2D eigenvalue weighted by molar-refractivity contribution is 7.84. The van der Waals surface area contributed by atoms with Crippen LogP contribution in [0.3, 0.4) is 0 Å². The maximum atomic E-state index is 10.7. The molecule has 0 saturated carbocycles. The minimum absolute atomic E-state index is 0.394. The van der Waals surface area contributed by atoms with E-state index in [0.717, 1.165) is 31.9 Å². The molecule has 13 heavy (non-hydrogen) atoms. The van der Waals surface area contributed by atoms with Crippen molar-refractivity contribution in [1.82, 2.24) is 5.32 Å². The Hall–Kier alpha value is 0.0700. The molecule has 0 aromatic rings. The molecule has 0 spiro atoms. The first-order valence-electron chi connectivity index (χ1n) is 4.78. The van der Waals surface area contributed by atoms with Crippen LogP contribution in [0.1, 0.15) is 20.3 Å². The predicted molar refractivity (Wildman–Crippen MR) is 57.5 cm³/mol. The third kappa shape index (κ3) is 9.99. The van der Waals surface area contributed by atoms with Gasteiger partial charge < -0.3 is 10.1 Å². The van der Waals surface area contributed by atoms with Gasteiger partial charge in [-0.3, -0.25) is 4.21 Å². The van der Waals surface area contributed by atoms with Crippen LogP contribution in [0.5, 0.6) is 0 Å². The molecule has 80 valence electrons. The highest BCUT2D eigenvalue weighted by atomic mass is 32.2.